The molecule has 0 N–H and O–H groups in total. The summed E-state index contributed by atoms with van der Waals surface area (Å²) in [7, 11) is -3.55. The van der Waals surface area contributed by atoms with E-state index in [1.807, 2.05) is 44.2 Å². The van der Waals surface area contributed by atoms with Gasteiger partial charge in [0.2, 0.25) is 0 Å². The zero-order valence-electron chi connectivity index (χ0n) is 16.5. The minimum Gasteiger partial charge on any atom is -0.387 e. The van der Waals surface area contributed by atoms with Crippen molar-refractivity contribution >= 4 is 9.84 Å². The SMILES string of the molecule is Cc1ccc(S(=O)(=O)CCn2nc(-c3cnn(-c4ccccc4)c3C)oc2=O)cc1. The van der Waals surface area contributed by atoms with E-state index in [9.17, 15) is 13.2 Å². The Balaban J connectivity index is 1.57. The minimum atomic E-state index is -3.55. The maximum Gasteiger partial charge on any atom is 0.437 e. The first-order valence-electron chi connectivity index (χ1n) is 9.33. The lowest BCUT2D eigenvalue weighted by Crippen LogP contribution is -2.21. The molecule has 0 atom stereocenters. The second-order valence-corrected chi connectivity index (χ2v) is 9.03. The molecule has 2 heterocycles. The molecule has 0 aliphatic rings. The highest BCUT2D eigenvalue weighted by Crippen LogP contribution is 2.22. The fourth-order valence-corrected chi connectivity index (χ4v) is 4.28. The van der Waals surface area contributed by atoms with E-state index in [0.717, 1.165) is 21.6 Å². The predicted octanol–water partition coefficient (Wildman–Crippen LogP) is 2.78. The third kappa shape index (κ3) is 3.84. The Morgan fingerprint density at radius 2 is 1.70 bits per heavy atom. The van der Waals surface area contributed by atoms with E-state index in [1.54, 1.807) is 35.1 Å². The molecule has 154 valence electrons. The number of benzene rings is 2. The highest BCUT2D eigenvalue weighted by atomic mass is 32.2. The monoisotopic (exact) mass is 424 g/mol. The van der Waals surface area contributed by atoms with Gasteiger partial charge in [0.1, 0.15) is 0 Å². The van der Waals surface area contributed by atoms with Gasteiger partial charge in [-0.1, -0.05) is 35.9 Å². The molecule has 0 fully saturated rings. The second-order valence-electron chi connectivity index (χ2n) is 6.92. The first kappa shape index (κ1) is 19.8. The summed E-state index contributed by atoms with van der Waals surface area (Å²) in [5.74, 6) is -0.868. The van der Waals surface area contributed by atoms with Crippen LogP contribution in [0.4, 0.5) is 0 Å². The number of aromatic nitrogens is 4. The lowest BCUT2D eigenvalue weighted by atomic mass is 10.2. The van der Waals surface area contributed by atoms with E-state index in [1.165, 1.54) is 0 Å². The number of aryl methyl sites for hydroxylation is 2. The summed E-state index contributed by atoms with van der Waals surface area (Å²) in [6, 6.07) is 16.1. The molecule has 4 aromatic rings. The zero-order chi connectivity index (χ0) is 21.3. The van der Waals surface area contributed by atoms with Crippen LogP contribution < -0.4 is 5.76 Å². The molecule has 4 rings (SSSR count). The number of para-hydroxylation sites is 1. The molecule has 30 heavy (non-hydrogen) atoms. The number of hydrogen-bond donors (Lipinski definition) is 0. The summed E-state index contributed by atoms with van der Waals surface area (Å²) < 4.78 is 33.1. The van der Waals surface area contributed by atoms with Gasteiger partial charge in [-0.15, -0.1) is 5.10 Å². The topological polar surface area (TPSA) is 100.0 Å². The van der Waals surface area contributed by atoms with Crippen LogP contribution in [-0.2, 0) is 16.4 Å². The van der Waals surface area contributed by atoms with Crippen LogP contribution in [0.1, 0.15) is 11.3 Å². The second kappa shape index (κ2) is 7.75. The Morgan fingerprint density at radius 3 is 2.40 bits per heavy atom. The van der Waals surface area contributed by atoms with E-state index in [4.69, 9.17) is 4.42 Å². The Hall–Kier alpha value is -3.46. The lowest BCUT2D eigenvalue weighted by Gasteiger charge is -2.04. The Bertz CT molecular complexity index is 1330. The Kier molecular flexibility index (Phi) is 5.13. The highest BCUT2D eigenvalue weighted by Gasteiger charge is 2.19. The van der Waals surface area contributed by atoms with Crippen molar-refractivity contribution in [3.05, 3.63) is 82.6 Å². The maximum absolute atomic E-state index is 12.5. The lowest BCUT2D eigenvalue weighted by molar-refractivity contribution is 0.488. The van der Waals surface area contributed by atoms with Crippen molar-refractivity contribution in [1.82, 2.24) is 19.6 Å². The molecule has 0 aliphatic heterocycles. The van der Waals surface area contributed by atoms with Crippen LogP contribution in [0.2, 0.25) is 0 Å². The molecule has 9 heteroatoms. The number of rotatable bonds is 6. The van der Waals surface area contributed by atoms with Crippen LogP contribution in [0, 0.1) is 13.8 Å². The van der Waals surface area contributed by atoms with Gasteiger partial charge < -0.3 is 4.42 Å². The summed E-state index contributed by atoms with van der Waals surface area (Å²) in [6.07, 6.45) is 1.57. The van der Waals surface area contributed by atoms with Crippen LogP contribution in [0.15, 0.2) is 74.9 Å². The van der Waals surface area contributed by atoms with E-state index in [2.05, 4.69) is 10.2 Å². The van der Waals surface area contributed by atoms with Gasteiger partial charge in [0.05, 0.1) is 40.3 Å². The molecule has 0 radical (unpaired) electrons. The quantitative estimate of drug-likeness (QED) is 0.472. The standard InChI is InChI=1S/C21H20N4O4S/c1-15-8-10-18(11-9-15)30(27,28)13-12-24-21(26)29-20(23-24)19-14-22-25(16(19)2)17-6-4-3-5-7-17/h3-11,14H,12-13H2,1-2H3. The van der Waals surface area contributed by atoms with Crippen molar-refractivity contribution in [2.75, 3.05) is 5.75 Å². The maximum atomic E-state index is 12.5. The fraction of sp³-hybridized carbons (Fsp3) is 0.190. The molecule has 0 saturated heterocycles. The highest BCUT2D eigenvalue weighted by molar-refractivity contribution is 7.91. The first-order valence-corrected chi connectivity index (χ1v) is 11.0. The first-order chi connectivity index (χ1) is 14.3. The van der Waals surface area contributed by atoms with Gasteiger partial charge in [0.25, 0.3) is 5.89 Å². The number of sulfone groups is 1. The van der Waals surface area contributed by atoms with Gasteiger partial charge in [0.15, 0.2) is 9.84 Å². The van der Waals surface area contributed by atoms with E-state index in [-0.39, 0.29) is 23.1 Å². The third-order valence-electron chi connectivity index (χ3n) is 4.80. The summed E-state index contributed by atoms with van der Waals surface area (Å²) in [4.78, 5) is 12.4. The number of hydrogen-bond acceptors (Lipinski definition) is 6. The van der Waals surface area contributed by atoms with Crippen LogP contribution in [0.25, 0.3) is 17.1 Å². The summed E-state index contributed by atoms with van der Waals surface area (Å²) in [5.41, 5.74) is 3.16. The van der Waals surface area contributed by atoms with E-state index >= 15 is 0 Å². The molecule has 0 aliphatic carbocycles. The molecule has 0 amide bonds. The van der Waals surface area contributed by atoms with Crippen molar-refractivity contribution < 1.29 is 12.8 Å². The van der Waals surface area contributed by atoms with Gasteiger partial charge >= 0.3 is 5.76 Å². The molecule has 0 bridgehead atoms. The smallest absolute Gasteiger partial charge is 0.387 e. The molecule has 2 aromatic carbocycles. The number of nitrogens with zero attached hydrogens (tertiary/aromatic N) is 4. The van der Waals surface area contributed by atoms with Gasteiger partial charge in [-0.2, -0.15) is 9.78 Å². The zero-order valence-corrected chi connectivity index (χ0v) is 17.3. The molecule has 2 aromatic heterocycles. The van der Waals surface area contributed by atoms with Crippen LogP contribution in [-0.4, -0.2) is 33.7 Å². The summed E-state index contributed by atoms with van der Waals surface area (Å²) >= 11 is 0. The molecular weight excluding hydrogens is 404 g/mol. The van der Waals surface area contributed by atoms with Crippen LogP contribution >= 0.6 is 0 Å². The van der Waals surface area contributed by atoms with Crippen LogP contribution in [0.3, 0.4) is 0 Å². The molecular formula is C21H20N4O4S. The van der Waals surface area contributed by atoms with Gasteiger partial charge in [-0.05, 0) is 38.1 Å². The largest absolute Gasteiger partial charge is 0.437 e. The summed E-state index contributed by atoms with van der Waals surface area (Å²) in [5, 5.41) is 8.52. The third-order valence-corrected chi connectivity index (χ3v) is 6.51. The average Bonchev–Trinajstić information content (AvgIpc) is 3.29. The van der Waals surface area contributed by atoms with Gasteiger partial charge in [-0.25, -0.2) is 17.9 Å². The summed E-state index contributed by atoms with van der Waals surface area (Å²) in [6.45, 7) is 3.62. The van der Waals surface area contributed by atoms with Crippen molar-refractivity contribution in [2.24, 2.45) is 0 Å². The van der Waals surface area contributed by atoms with E-state index < -0.39 is 15.6 Å². The molecule has 8 nitrogen and oxygen atoms in total. The normalized spacial score (nSPS) is 11.7. The van der Waals surface area contributed by atoms with Gasteiger partial charge in [0, 0.05) is 0 Å². The molecule has 0 spiro atoms. The average molecular weight is 424 g/mol. The van der Waals surface area contributed by atoms with E-state index in [0.29, 0.717) is 5.56 Å². The minimum absolute atomic E-state index is 0.104. The van der Waals surface area contributed by atoms with Crippen molar-refractivity contribution in [3.8, 4) is 17.1 Å². The molecule has 0 unspecified atom stereocenters. The van der Waals surface area contributed by atoms with Crippen molar-refractivity contribution in [1.29, 1.82) is 0 Å². The molecule has 0 saturated carbocycles. The fourth-order valence-electron chi connectivity index (χ4n) is 3.08. The predicted molar refractivity (Wildman–Crippen MR) is 111 cm³/mol. The van der Waals surface area contributed by atoms with Gasteiger partial charge in [-0.3, -0.25) is 0 Å². The Morgan fingerprint density at radius 1 is 1.00 bits per heavy atom. The van der Waals surface area contributed by atoms with Crippen molar-refractivity contribution in [3.63, 3.8) is 0 Å². The Labute approximate surface area is 173 Å². The van der Waals surface area contributed by atoms with Crippen molar-refractivity contribution in [2.45, 2.75) is 25.3 Å². The van der Waals surface area contributed by atoms with Crippen LogP contribution in [0.5, 0.6) is 0 Å².